The van der Waals surface area contributed by atoms with Crippen LogP contribution >= 0.6 is 11.8 Å². The Labute approximate surface area is 124 Å². The van der Waals surface area contributed by atoms with Crippen molar-refractivity contribution in [1.82, 2.24) is 10.6 Å². The van der Waals surface area contributed by atoms with Gasteiger partial charge in [0.25, 0.3) is 0 Å². The molecule has 4 heteroatoms. The van der Waals surface area contributed by atoms with Gasteiger partial charge in [0.05, 0.1) is 6.04 Å². The molecule has 3 nitrogen and oxygen atoms in total. The molecular formula is C16H22N2OS. The van der Waals surface area contributed by atoms with Gasteiger partial charge in [-0.1, -0.05) is 30.3 Å². The molecule has 20 heavy (non-hydrogen) atoms. The Bertz CT molecular complexity index is 441. The number of nitrogens with one attached hydrogen (secondary N) is 2. The van der Waals surface area contributed by atoms with Crippen LogP contribution in [-0.4, -0.2) is 30.0 Å². The van der Waals surface area contributed by atoms with Gasteiger partial charge >= 0.3 is 0 Å². The summed E-state index contributed by atoms with van der Waals surface area (Å²) in [6, 6.07) is 10.9. The average Bonchev–Trinajstić information content (AvgIpc) is 3.31. The smallest absolute Gasteiger partial charge is 0.222 e. The van der Waals surface area contributed by atoms with Crippen molar-refractivity contribution in [2.75, 3.05) is 18.1 Å². The second kappa shape index (κ2) is 6.64. The molecule has 0 aromatic heterocycles. The molecule has 1 aromatic rings. The number of hydrogen-bond donors (Lipinski definition) is 2. The molecule has 2 atom stereocenters. The van der Waals surface area contributed by atoms with E-state index in [-0.39, 0.29) is 11.9 Å². The van der Waals surface area contributed by atoms with Gasteiger partial charge in [0.2, 0.25) is 5.91 Å². The molecule has 1 saturated carbocycles. The zero-order chi connectivity index (χ0) is 13.8. The highest BCUT2D eigenvalue weighted by Gasteiger charge is 2.33. The summed E-state index contributed by atoms with van der Waals surface area (Å²) in [6.07, 6.45) is 3.07. The lowest BCUT2D eigenvalue weighted by atomic mass is 10.0. The van der Waals surface area contributed by atoms with E-state index in [0.29, 0.717) is 18.4 Å². The predicted octanol–water partition coefficient (Wildman–Crippen LogP) is 2.35. The van der Waals surface area contributed by atoms with E-state index in [4.69, 9.17) is 0 Å². The van der Waals surface area contributed by atoms with Crippen LogP contribution in [0.2, 0.25) is 0 Å². The topological polar surface area (TPSA) is 41.1 Å². The van der Waals surface area contributed by atoms with Crippen LogP contribution in [0.4, 0.5) is 0 Å². The summed E-state index contributed by atoms with van der Waals surface area (Å²) >= 11 is 1.94. The molecule has 108 valence electrons. The van der Waals surface area contributed by atoms with Crippen LogP contribution in [0.15, 0.2) is 30.3 Å². The van der Waals surface area contributed by atoms with E-state index in [2.05, 4.69) is 34.9 Å². The minimum atomic E-state index is 0.186. The van der Waals surface area contributed by atoms with Crippen LogP contribution in [0.3, 0.4) is 0 Å². The number of amides is 1. The predicted molar refractivity (Wildman–Crippen MR) is 83.8 cm³/mol. The summed E-state index contributed by atoms with van der Waals surface area (Å²) in [6.45, 7) is 1.02. The minimum absolute atomic E-state index is 0.186. The lowest BCUT2D eigenvalue weighted by molar-refractivity contribution is -0.122. The van der Waals surface area contributed by atoms with Crippen molar-refractivity contribution in [3.05, 3.63) is 35.9 Å². The van der Waals surface area contributed by atoms with Crippen LogP contribution in [-0.2, 0) is 4.79 Å². The van der Waals surface area contributed by atoms with Crippen molar-refractivity contribution < 1.29 is 4.79 Å². The van der Waals surface area contributed by atoms with Crippen LogP contribution in [0, 0.1) is 5.92 Å². The van der Waals surface area contributed by atoms with Crippen LogP contribution in [0.1, 0.15) is 30.9 Å². The molecule has 0 radical (unpaired) electrons. The van der Waals surface area contributed by atoms with Gasteiger partial charge in [-0.05, 0) is 24.3 Å². The van der Waals surface area contributed by atoms with Crippen LogP contribution in [0.5, 0.6) is 0 Å². The Kier molecular flexibility index (Phi) is 4.63. The molecule has 2 fully saturated rings. The summed E-state index contributed by atoms with van der Waals surface area (Å²) in [5.41, 5.74) is 1.24. The number of benzene rings is 1. The first kappa shape index (κ1) is 14.0. The van der Waals surface area contributed by atoms with E-state index in [0.717, 1.165) is 18.1 Å². The van der Waals surface area contributed by atoms with Crippen LogP contribution < -0.4 is 10.6 Å². The zero-order valence-electron chi connectivity index (χ0n) is 11.7. The van der Waals surface area contributed by atoms with Gasteiger partial charge in [0.15, 0.2) is 0 Å². The Morgan fingerprint density at radius 1 is 1.35 bits per heavy atom. The van der Waals surface area contributed by atoms with E-state index < -0.39 is 0 Å². The van der Waals surface area contributed by atoms with Crippen molar-refractivity contribution in [3.63, 3.8) is 0 Å². The fraction of sp³-hybridized carbons (Fsp3) is 0.562. The van der Waals surface area contributed by atoms with Gasteiger partial charge in [0.1, 0.15) is 0 Å². The lowest BCUT2D eigenvalue weighted by Gasteiger charge is -2.24. The van der Waals surface area contributed by atoms with Gasteiger partial charge < -0.3 is 10.6 Å². The van der Waals surface area contributed by atoms with E-state index in [9.17, 15) is 4.79 Å². The molecule has 2 aliphatic rings. The third kappa shape index (κ3) is 3.76. The Hall–Kier alpha value is -1.00. The van der Waals surface area contributed by atoms with Crippen molar-refractivity contribution in [2.24, 2.45) is 5.92 Å². The maximum atomic E-state index is 12.3. The second-order valence-electron chi connectivity index (χ2n) is 5.72. The van der Waals surface area contributed by atoms with Crippen molar-refractivity contribution >= 4 is 17.7 Å². The van der Waals surface area contributed by atoms with Gasteiger partial charge in [-0.15, -0.1) is 0 Å². The quantitative estimate of drug-likeness (QED) is 0.874. The van der Waals surface area contributed by atoms with Crippen LogP contribution in [0.25, 0.3) is 0 Å². The molecule has 0 bridgehead atoms. The van der Waals surface area contributed by atoms with Crippen molar-refractivity contribution in [2.45, 2.75) is 31.3 Å². The molecular weight excluding hydrogens is 268 g/mol. The molecule has 1 saturated heterocycles. The van der Waals surface area contributed by atoms with Crippen molar-refractivity contribution in [3.8, 4) is 0 Å². The lowest BCUT2D eigenvalue weighted by Crippen LogP contribution is -2.42. The minimum Gasteiger partial charge on any atom is -0.349 e. The largest absolute Gasteiger partial charge is 0.349 e. The van der Waals surface area contributed by atoms with Gasteiger partial charge in [0, 0.05) is 30.5 Å². The third-order valence-electron chi connectivity index (χ3n) is 4.00. The summed E-state index contributed by atoms with van der Waals surface area (Å²) < 4.78 is 0. The molecule has 0 spiro atoms. The molecule has 3 rings (SSSR count). The third-order valence-corrected chi connectivity index (χ3v) is 5.13. The highest BCUT2D eigenvalue weighted by Crippen LogP contribution is 2.40. The van der Waals surface area contributed by atoms with E-state index in [1.54, 1.807) is 0 Å². The summed E-state index contributed by atoms with van der Waals surface area (Å²) in [5.74, 6) is 3.03. The maximum absolute atomic E-state index is 12.3. The Morgan fingerprint density at radius 2 is 2.15 bits per heavy atom. The van der Waals surface area contributed by atoms with Crippen molar-refractivity contribution in [1.29, 1.82) is 0 Å². The summed E-state index contributed by atoms with van der Waals surface area (Å²) in [5, 5.41) is 6.68. The normalized spacial score (nSPS) is 24.1. The number of thioether (sulfide) groups is 1. The standard InChI is InChI=1S/C16H22N2OS/c19-15(10-14-11-20-9-8-17-14)18-16(13-6-7-13)12-4-2-1-3-5-12/h1-5,13-14,16-17H,6-11H2,(H,18,19). The van der Waals surface area contributed by atoms with Gasteiger partial charge in [-0.2, -0.15) is 11.8 Å². The Morgan fingerprint density at radius 3 is 2.80 bits per heavy atom. The number of hydrogen-bond acceptors (Lipinski definition) is 3. The zero-order valence-corrected chi connectivity index (χ0v) is 12.5. The summed E-state index contributed by atoms with van der Waals surface area (Å²) in [7, 11) is 0. The first-order valence-electron chi connectivity index (χ1n) is 7.48. The van der Waals surface area contributed by atoms with E-state index in [1.165, 1.54) is 18.4 Å². The maximum Gasteiger partial charge on any atom is 0.222 e. The fourth-order valence-electron chi connectivity index (χ4n) is 2.77. The van der Waals surface area contributed by atoms with Gasteiger partial charge in [-0.3, -0.25) is 4.79 Å². The van der Waals surface area contributed by atoms with Gasteiger partial charge in [-0.25, -0.2) is 0 Å². The first-order valence-corrected chi connectivity index (χ1v) is 8.64. The molecule has 2 unspecified atom stereocenters. The fourth-order valence-corrected chi connectivity index (χ4v) is 3.72. The molecule has 1 aliphatic carbocycles. The average molecular weight is 290 g/mol. The Balaban J connectivity index is 1.57. The molecule has 1 heterocycles. The van der Waals surface area contributed by atoms with E-state index in [1.807, 2.05) is 17.8 Å². The van der Waals surface area contributed by atoms with E-state index >= 15 is 0 Å². The SMILES string of the molecule is O=C(CC1CSCCN1)NC(c1ccccc1)C1CC1. The number of carbonyl (C=O) groups is 1. The number of carbonyl (C=O) groups excluding carboxylic acids is 1. The first-order chi connectivity index (χ1) is 9.83. The second-order valence-corrected chi connectivity index (χ2v) is 6.87. The number of rotatable bonds is 5. The monoisotopic (exact) mass is 290 g/mol. The highest BCUT2D eigenvalue weighted by molar-refractivity contribution is 7.99. The molecule has 1 amide bonds. The summed E-state index contributed by atoms with van der Waals surface area (Å²) in [4.78, 5) is 12.3. The molecule has 1 aliphatic heterocycles. The molecule has 2 N–H and O–H groups in total. The highest BCUT2D eigenvalue weighted by atomic mass is 32.2. The molecule has 1 aromatic carbocycles.